The Kier molecular flexibility index (Phi) is 4.65. The van der Waals surface area contributed by atoms with Crippen LogP contribution in [0.2, 0.25) is 0 Å². The van der Waals surface area contributed by atoms with E-state index in [9.17, 15) is 0 Å². The van der Waals surface area contributed by atoms with Crippen molar-refractivity contribution in [2.24, 2.45) is 4.99 Å². The number of aromatic amines is 1. The molecule has 0 radical (unpaired) electrons. The molecule has 2 unspecified atom stereocenters. The van der Waals surface area contributed by atoms with Gasteiger partial charge in [-0.05, 0) is 42.5 Å². The Morgan fingerprint density at radius 3 is 2.85 bits per heavy atom. The number of guanidine groups is 1. The number of benzene rings is 2. The first kappa shape index (κ1) is 16.7. The first-order chi connectivity index (χ1) is 12.7. The summed E-state index contributed by atoms with van der Waals surface area (Å²) < 4.78 is 0. The highest BCUT2D eigenvalue weighted by atomic mass is 15.2. The van der Waals surface area contributed by atoms with Crippen LogP contribution < -0.4 is 10.6 Å². The SMILES string of the molecule is CN=C(NCCc1c[nH]c2cc(C)ccc12)NC1CC1c1ccccc1. The highest BCUT2D eigenvalue weighted by Gasteiger charge is 2.38. The van der Waals surface area contributed by atoms with Gasteiger partial charge >= 0.3 is 0 Å². The van der Waals surface area contributed by atoms with Crippen LogP contribution in [0.1, 0.15) is 29.0 Å². The second-order valence-corrected chi connectivity index (χ2v) is 7.12. The van der Waals surface area contributed by atoms with Gasteiger partial charge in [-0.15, -0.1) is 0 Å². The van der Waals surface area contributed by atoms with Crippen molar-refractivity contribution in [1.29, 1.82) is 0 Å². The second kappa shape index (κ2) is 7.24. The fourth-order valence-corrected chi connectivity index (χ4v) is 3.62. The van der Waals surface area contributed by atoms with Crippen LogP contribution in [0.3, 0.4) is 0 Å². The zero-order valence-corrected chi connectivity index (χ0v) is 15.4. The quantitative estimate of drug-likeness (QED) is 0.487. The van der Waals surface area contributed by atoms with Gasteiger partial charge in [0.1, 0.15) is 0 Å². The van der Waals surface area contributed by atoms with Gasteiger partial charge in [-0.1, -0.05) is 42.5 Å². The summed E-state index contributed by atoms with van der Waals surface area (Å²) >= 11 is 0. The summed E-state index contributed by atoms with van der Waals surface area (Å²) in [6, 6.07) is 17.8. The lowest BCUT2D eigenvalue weighted by atomic mass is 10.1. The highest BCUT2D eigenvalue weighted by Crippen LogP contribution is 2.40. The molecule has 3 N–H and O–H groups in total. The monoisotopic (exact) mass is 346 g/mol. The van der Waals surface area contributed by atoms with Crippen LogP contribution in [0.5, 0.6) is 0 Å². The summed E-state index contributed by atoms with van der Waals surface area (Å²) in [5, 5.41) is 8.31. The molecule has 1 aromatic heterocycles. The van der Waals surface area contributed by atoms with Crippen molar-refractivity contribution in [3.8, 4) is 0 Å². The minimum absolute atomic E-state index is 0.486. The molecule has 26 heavy (non-hydrogen) atoms. The van der Waals surface area contributed by atoms with Crippen LogP contribution in [0.4, 0.5) is 0 Å². The summed E-state index contributed by atoms with van der Waals surface area (Å²) in [5.74, 6) is 1.50. The molecule has 0 aliphatic heterocycles. The standard InChI is InChI=1S/C22H26N4/c1-15-8-9-18-17(14-25-20(18)12-15)10-11-24-22(23-2)26-21-13-19(21)16-6-4-3-5-7-16/h3-9,12,14,19,21,25H,10-11,13H2,1-2H3,(H2,23,24,26). The third-order valence-corrected chi connectivity index (χ3v) is 5.17. The highest BCUT2D eigenvalue weighted by molar-refractivity contribution is 5.84. The molecule has 0 bridgehead atoms. The Morgan fingerprint density at radius 1 is 1.19 bits per heavy atom. The van der Waals surface area contributed by atoms with Gasteiger partial charge in [0, 0.05) is 42.7 Å². The predicted molar refractivity (Wildman–Crippen MR) is 109 cm³/mol. The van der Waals surface area contributed by atoms with E-state index in [1.807, 2.05) is 7.05 Å². The number of nitrogens with zero attached hydrogens (tertiary/aromatic N) is 1. The number of aromatic nitrogens is 1. The Morgan fingerprint density at radius 2 is 2.04 bits per heavy atom. The predicted octanol–water partition coefficient (Wildman–Crippen LogP) is 3.74. The molecule has 0 spiro atoms. The van der Waals surface area contributed by atoms with Gasteiger partial charge < -0.3 is 15.6 Å². The van der Waals surface area contributed by atoms with Crippen molar-refractivity contribution in [3.63, 3.8) is 0 Å². The van der Waals surface area contributed by atoms with E-state index in [0.717, 1.165) is 18.9 Å². The average Bonchev–Trinajstić information content (AvgIpc) is 3.33. The molecule has 0 amide bonds. The molecule has 0 saturated heterocycles. The van der Waals surface area contributed by atoms with Crippen LogP contribution in [0, 0.1) is 6.92 Å². The molecule has 4 heteroatoms. The minimum atomic E-state index is 0.486. The van der Waals surface area contributed by atoms with Crippen LogP contribution in [-0.4, -0.2) is 30.6 Å². The van der Waals surface area contributed by atoms with Crippen molar-refractivity contribution >= 4 is 16.9 Å². The van der Waals surface area contributed by atoms with Crippen molar-refractivity contribution in [2.45, 2.75) is 31.7 Å². The molecular weight excluding hydrogens is 320 g/mol. The first-order valence-corrected chi connectivity index (χ1v) is 9.33. The summed E-state index contributed by atoms with van der Waals surface area (Å²) in [5.41, 5.74) is 5.25. The van der Waals surface area contributed by atoms with Gasteiger partial charge in [0.05, 0.1) is 0 Å². The van der Waals surface area contributed by atoms with Crippen molar-refractivity contribution in [3.05, 3.63) is 71.4 Å². The summed E-state index contributed by atoms with van der Waals surface area (Å²) in [6.45, 7) is 2.99. The molecule has 2 aromatic carbocycles. The van der Waals surface area contributed by atoms with Gasteiger partial charge in [-0.2, -0.15) is 0 Å². The van der Waals surface area contributed by atoms with Crippen molar-refractivity contribution in [2.75, 3.05) is 13.6 Å². The number of hydrogen-bond donors (Lipinski definition) is 3. The van der Waals surface area contributed by atoms with Crippen LogP contribution in [0.15, 0.2) is 59.7 Å². The smallest absolute Gasteiger partial charge is 0.191 e. The number of aliphatic imine (C=N–C) groups is 1. The molecule has 4 nitrogen and oxygen atoms in total. The Bertz CT molecular complexity index is 910. The number of aryl methyl sites for hydroxylation is 1. The van der Waals surface area contributed by atoms with E-state index in [1.165, 1.54) is 34.0 Å². The summed E-state index contributed by atoms with van der Waals surface area (Å²) in [7, 11) is 1.84. The molecule has 4 rings (SSSR count). The van der Waals surface area contributed by atoms with E-state index in [1.54, 1.807) is 0 Å². The van der Waals surface area contributed by atoms with E-state index in [2.05, 4.69) is 82.3 Å². The zero-order chi connectivity index (χ0) is 17.9. The average molecular weight is 346 g/mol. The van der Waals surface area contributed by atoms with E-state index >= 15 is 0 Å². The van der Waals surface area contributed by atoms with Crippen LogP contribution in [0.25, 0.3) is 10.9 Å². The van der Waals surface area contributed by atoms with Crippen molar-refractivity contribution in [1.82, 2.24) is 15.6 Å². The molecule has 1 heterocycles. The fraction of sp³-hybridized carbons (Fsp3) is 0.318. The van der Waals surface area contributed by atoms with Gasteiger partial charge in [0.15, 0.2) is 5.96 Å². The fourth-order valence-electron chi connectivity index (χ4n) is 3.62. The van der Waals surface area contributed by atoms with Gasteiger partial charge in [0.25, 0.3) is 0 Å². The first-order valence-electron chi connectivity index (χ1n) is 9.33. The number of nitrogens with one attached hydrogen (secondary N) is 3. The molecule has 1 fully saturated rings. The van der Waals surface area contributed by atoms with Crippen LogP contribution >= 0.6 is 0 Å². The number of rotatable bonds is 5. The third kappa shape index (κ3) is 3.59. The summed E-state index contributed by atoms with van der Waals surface area (Å²) in [6.07, 6.45) is 4.26. The lowest BCUT2D eigenvalue weighted by Gasteiger charge is -2.11. The zero-order valence-electron chi connectivity index (χ0n) is 15.4. The van der Waals surface area contributed by atoms with E-state index in [0.29, 0.717) is 12.0 Å². The number of hydrogen-bond acceptors (Lipinski definition) is 1. The molecular formula is C22H26N4. The largest absolute Gasteiger partial charge is 0.361 e. The van der Waals surface area contributed by atoms with Crippen LogP contribution in [-0.2, 0) is 6.42 Å². The summed E-state index contributed by atoms with van der Waals surface area (Å²) in [4.78, 5) is 7.75. The van der Waals surface area contributed by atoms with E-state index in [-0.39, 0.29) is 0 Å². The second-order valence-electron chi connectivity index (χ2n) is 7.12. The Labute approximate surface area is 154 Å². The number of fused-ring (bicyclic) bond motifs is 1. The minimum Gasteiger partial charge on any atom is -0.361 e. The molecule has 1 saturated carbocycles. The molecule has 1 aliphatic carbocycles. The van der Waals surface area contributed by atoms with Crippen molar-refractivity contribution < 1.29 is 0 Å². The third-order valence-electron chi connectivity index (χ3n) is 5.17. The lowest BCUT2D eigenvalue weighted by molar-refractivity contribution is 0.781. The molecule has 3 aromatic rings. The van der Waals surface area contributed by atoms with Gasteiger partial charge in [-0.3, -0.25) is 4.99 Å². The molecule has 134 valence electrons. The maximum absolute atomic E-state index is 4.38. The number of H-pyrrole nitrogens is 1. The van der Waals surface area contributed by atoms with Gasteiger partial charge in [0.2, 0.25) is 0 Å². The lowest BCUT2D eigenvalue weighted by Crippen LogP contribution is -2.39. The molecule has 2 atom stereocenters. The normalized spacial score (nSPS) is 19.5. The van der Waals surface area contributed by atoms with E-state index in [4.69, 9.17) is 0 Å². The molecule has 1 aliphatic rings. The van der Waals surface area contributed by atoms with Gasteiger partial charge in [-0.25, -0.2) is 0 Å². The van der Waals surface area contributed by atoms with E-state index < -0.39 is 0 Å². The topological polar surface area (TPSA) is 52.2 Å². The maximum atomic E-state index is 4.38. The Balaban J connectivity index is 1.29. The Hall–Kier alpha value is -2.75. The maximum Gasteiger partial charge on any atom is 0.191 e.